The molecule has 0 radical (unpaired) electrons. The van der Waals surface area contributed by atoms with Crippen LogP contribution < -0.4 is 34.9 Å². The number of hydrogen-bond acceptors (Lipinski definition) is 8. The number of carbonyl (C=O) groups excluding carboxylic acids is 3. The van der Waals surface area contributed by atoms with E-state index in [1.165, 1.54) is 39.2 Å². The summed E-state index contributed by atoms with van der Waals surface area (Å²) >= 11 is 1.36. The molecule has 0 aromatic heterocycles. The van der Waals surface area contributed by atoms with Crippen molar-refractivity contribution >= 4 is 46.9 Å². The van der Waals surface area contributed by atoms with Gasteiger partial charge in [-0.2, -0.15) is 0 Å². The zero-order valence-corrected chi connectivity index (χ0v) is 27.6. The molecule has 3 amide bonds. The fourth-order valence-corrected chi connectivity index (χ4v) is 5.52. The smallest absolute Gasteiger partial charge is 0.272 e. The number of carbonyl (C=O) groups is 3. The third kappa shape index (κ3) is 9.30. The molecule has 0 spiro atoms. The average Bonchev–Trinajstić information content (AvgIpc) is 3.10. The molecule has 10 nitrogen and oxygen atoms in total. The third-order valence-corrected chi connectivity index (χ3v) is 8.32. The van der Waals surface area contributed by atoms with Crippen LogP contribution in [-0.2, 0) is 9.59 Å². The Labute approximate surface area is 278 Å². The summed E-state index contributed by atoms with van der Waals surface area (Å²) in [4.78, 5) is 40.9. The van der Waals surface area contributed by atoms with E-state index >= 15 is 0 Å². The second kappa shape index (κ2) is 16.8. The van der Waals surface area contributed by atoms with E-state index in [-0.39, 0.29) is 11.6 Å². The van der Waals surface area contributed by atoms with E-state index in [1.54, 1.807) is 92.0 Å². The highest BCUT2D eigenvalue weighted by Crippen LogP contribution is 2.32. The van der Waals surface area contributed by atoms with Crippen LogP contribution in [0.15, 0.2) is 102 Å². The van der Waals surface area contributed by atoms with E-state index in [4.69, 9.17) is 18.9 Å². The van der Waals surface area contributed by atoms with Crippen molar-refractivity contribution in [1.82, 2.24) is 5.32 Å². The molecule has 0 aliphatic rings. The standard InChI is InChI=1S/C36H37N3O7S/c1-6-33(36(42)38-29-22-27(44-3)16-18-32(29)46-5)47-28-14-10-13-25(21-28)37-35(41)30(39-34(40)23-11-8-7-9-12-23)20-24-19-26(43-2)15-17-31(24)45-4/h7-22,33H,6H2,1-5H3,(H,37,41)(H,38,42)(H,39,40)/b30-20+. The largest absolute Gasteiger partial charge is 0.497 e. The molecule has 0 aliphatic carbocycles. The summed E-state index contributed by atoms with van der Waals surface area (Å²) < 4.78 is 21.5. The van der Waals surface area contributed by atoms with E-state index in [1.807, 2.05) is 13.0 Å². The lowest BCUT2D eigenvalue weighted by atomic mass is 10.1. The normalized spacial score (nSPS) is 11.6. The molecule has 1 unspecified atom stereocenters. The molecule has 0 heterocycles. The SMILES string of the molecule is CCC(Sc1cccc(NC(=O)/C(=C\c2cc(OC)ccc2OC)NC(=O)c2ccccc2)c1)C(=O)Nc1cc(OC)ccc1OC. The lowest BCUT2D eigenvalue weighted by molar-refractivity contribution is -0.116. The molecule has 0 saturated heterocycles. The molecular formula is C36H37N3O7S. The van der Waals surface area contributed by atoms with Crippen molar-refractivity contribution in [1.29, 1.82) is 0 Å². The van der Waals surface area contributed by atoms with Gasteiger partial charge in [0, 0.05) is 27.8 Å². The number of hydrogen-bond donors (Lipinski definition) is 3. The minimum Gasteiger partial charge on any atom is -0.497 e. The van der Waals surface area contributed by atoms with Crippen molar-refractivity contribution in [2.24, 2.45) is 0 Å². The number of nitrogens with one attached hydrogen (secondary N) is 3. The molecule has 4 aromatic carbocycles. The van der Waals surface area contributed by atoms with Crippen LogP contribution in [0.5, 0.6) is 23.0 Å². The Kier molecular flexibility index (Phi) is 12.3. The lowest BCUT2D eigenvalue weighted by Gasteiger charge is -2.17. The molecule has 244 valence electrons. The van der Waals surface area contributed by atoms with Gasteiger partial charge >= 0.3 is 0 Å². The molecule has 3 N–H and O–H groups in total. The fraction of sp³-hybridized carbons (Fsp3) is 0.194. The molecule has 0 aliphatic heterocycles. The minimum absolute atomic E-state index is 0.0125. The van der Waals surface area contributed by atoms with E-state index < -0.39 is 17.1 Å². The molecular weight excluding hydrogens is 618 g/mol. The monoisotopic (exact) mass is 655 g/mol. The predicted molar refractivity (Wildman–Crippen MR) is 185 cm³/mol. The maximum absolute atomic E-state index is 13.7. The van der Waals surface area contributed by atoms with Gasteiger partial charge in [0.25, 0.3) is 11.8 Å². The fourth-order valence-electron chi connectivity index (χ4n) is 4.51. The van der Waals surface area contributed by atoms with Crippen molar-refractivity contribution in [3.63, 3.8) is 0 Å². The Hall–Kier alpha value is -5.42. The molecule has 4 aromatic rings. The van der Waals surface area contributed by atoms with Gasteiger partial charge in [-0.1, -0.05) is 31.2 Å². The minimum atomic E-state index is -0.559. The Morgan fingerprint density at radius 2 is 1.43 bits per heavy atom. The van der Waals surface area contributed by atoms with Crippen LogP contribution in [-0.4, -0.2) is 51.4 Å². The van der Waals surface area contributed by atoms with E-state index in [0.29, 0.717) is 51.9 Å². The van der Waals surface area contributed by atoms with Gasteiger partial charge in [0.15, 0.2) is 0 Å². The Balaban J connectivity index is 1.56. The summed E-state index contributed by atoms with van der Waals surface area (Å²) in [6.45, 7) is 1.92. The van der Waals surface area contributed by atoms with Crippen molar-refractivity contribution in [2.45, 2.75) is 23.5 Å². The summed E-state index contributed by atoms with van der Waals surface area (Å²) in [5.74, 6) is 0.912. The third-order valence-electron chi connectivity index (χ3n) is 6.96. The molecule has 4 rings (SSSR count). The van der Waals surface area contributed by atoms with Gasteiger partial charge in [0.1, 0.15) is 28.7 Å². The number of thioether (sulfide) groups is 1. The zero-order valence-electron chi connectivity index (χ0n) is 26.8. The van der Waals surface area contributed by atoms with Gasteiger partial charge < -0.3 is 34.9 Å². The number of amides is 3. The molecule has 0 bridgehead atoms. The quantitative estimate of drug-likeness (QED) is 0.102. The van der Waals surface area contributed by atoms with Gasteiger partial charge in [-0.15, -0.1) is 11.8 Å². The van der Waals surface area contributed by atoms with Crippen LogP contribution in [0, 0.1) is 0 Å². The van der Waals surface area contributed by atoms with Crippen molar-refractivity contribution in [3.8, 4) is 23.0 Å². The molecule has 47 heavy (non-hydrogen) atoms. The first-order valence-corrected chi connectivity index (χ1v) is 15.6. The molecule has 0 fully saturated rings. The number of methoxy groups -OCH3 is 4. The van der Waals surface area contributed by atoms with Crippen LogP contribution in [0.25, 0.3) is 6.08 Å². The van der Waals surface area contributed by atoms with Gasteiger partial charge in [0.2, 0.25) is 5.91 Å². The van der Waals surface area contributed by atoms with E-state index in [2.05, 4.69) is 16.0 Å². The number of benzene rings is 4. The predicted octanol–water partition coefficient (Wildman–Crippen LogP) is 6.64. The first-order chi connectivity index (χ1) is 22.8. The van der Waals surface area contributed by atoms with Crippen LogP contribution in [0.3, 0.4) is 0 Å². The topological polar surface area (TPSA) is 124 Å². The van der Waals surface area contributed by atoms with Crippen molar-refractivity contribution in [2.75, 3.05) is 39.1 Å². The second-order valence-electron chi connectivity index (χ2n) is 10.0. The highest BCUT2D eigenvalue weighted by Gasteiger charge is 2.21. The van der Waals surface area contributed by atoms with Gasteiger partial charge in [0.05, 0.1) is 39.4 Å². The van der Waals surface area contributed by atoms with Gasteiger partial charge in [-0.3, -0.25) is 14.4 Å². The van der Waals surface area contributed by atoms with Gasteiger partial charge in [-0.05, 0) is 73.2 Å². The highest BCUT2D eigenvalue weighted by atomic mass is 32.2. The van der Waals surface area contributed by atoms with Crippen LogP contribution in [0.4, 0.5) is 11.4 Å². The summed E-state index contributed by atoms with van der Waals surface area (Å²) in [5, 5.41) is 8.11. The van der Waals surface area contributed by atoms with E-state index in [9.17, 15) is 14.4 Å². The van der Waals surface area contributed by atoms with Gasteiger partial charge in [-0.25, -0.2) is 0 Å². The van der Waals surface area contributed by atoms with Crippen LogP contribution in [0.2, 0.25) is 0 Å². The Morgan fingerprint density at radius 3 is 2.09 bits per heavy atom. The molecule has 11 heteroatoms. The zero-order chi connectivity index (χ0) is 33.8. The first-order valence-electron chi connectivity index (χ1n) is 14.7. The number of anilines is 2. The summed E-state index contributed by atoms with van der Waals surface area (Å²) in [6.07, 6.45) is 2.07. The molecule has 0 saturated carbocycles. The summed E-state index contributed by atoms with van der Waals surface area (Å²) in [5.41, 5.74) is 1.88. The summed E-state index contributed by atoms with van der Waals surface area (Å²) in [7, 11) is 6.13. The maximum Gasteiger partial charge on any atom is 0.272 e. The number of rotatable bonds is 14. The van der Waals surface area contributed by atoms with Crippen LogP contribution in [0.1, 0.15) is 29.3 Å². The van der Waals surface area contributed by atoms with Crippen molar-refractivity contribution in [3.05, 3.63) is 108 Å². The maximum atomic E-state index is 13.7. The first kappa shape index (κ1) is 34.5. The molecule has 1 atom stereocenters. The lowest BCUT2D eigenvalue weighted by Crippen LogP contribution is -2.30. The Morgan fingerprint density at radius 1 is 0.745 bits per heavy atom. The van der Waals surface area contributed by atoms with Crippen LogP contribution >= 0.6 is 11.8 Å². The van der Waals surface area contributed by atoms with E-state index in [0.717, 1.165) is 4.90 Å². The Bertz CT molecular complexity index is 1740. The van der Waals surface area contributed by atoms with Crippen molar-refractivity contribution < 1.29 is 33.3 Å². The number of ether oxygens (including phenoxy) is 4. The second-order valence-corrected chi connectivity index (χ2v) is 11.3. The average molecular weight is 656 g/mol. The highest BCUT2D eigenvalue weighted by molar-refractivity contribution is 8.00. The summed E-state index contributed by atoms with van der Waals surface area (Å²) in [6, 6.07) is 26.1.